The number of aryl methyl sites for hydroxylation is 1. The van der Waals surface area contributed by atoms with Crippen LogP contribution in [0.1, 0.15) is 24.3 Å². The van der Waals surface area contributed by atoms with Crippen LogP contribution in [0.5, 0.6) is 5.75 Å². The lowest BCUT2D eigenvalue weighted by atomic mass is 10.3. The van der Waals surface area contributed by atoms with E-state index in [4.69, 9.17) is 16.3 Å². The van der Waals surface area contributed by atoms with E-state index in [1.165, 1.54) is 11.3 Å². The minimum Gasteiger partial charge on any atom is -0.494 e. The van der Waals surface area contributed by atoms with Gasteiger partial charge in [-0.1, -0.05) is 36.8 Å². The van der Waals surface area contributed by atoms with Gasteiger partial charge in [-0.05, 0) is 31.3 Å². The summed E-state index contributed by atoms with van der Waals surface area (Å²) in [4.78, 5) is 21.8. The topological polar surface area (TPSA) is 63.5 Å². The summed E-state index contributed by atoms with van der Waals surface area (Å²) in [5.74, 6) is 0.456. The Hall–Kier alpha value is -2.16. The molecular weight excluding hydrogens is 398 g/mol. The number of halogens is 1. The Morgan fingerprint density at radius 3 is 2.61 bits per heavy atom. The lowest BCUT2D eigenvalue weighted by molar-refractivity contribution is 0.0978. The highest BCUT2D eigenvalue weighted by Crippen LogP contribution is 2.38. The SMILES string of the molecule is CCN(CC)CCN(C(=O)c1ccn(C)n1)c1nc2c(OC)ccc(Cl)c2s1. The van der Waals surface area contributed by atoms with Crippen molar-refractivity contribution in [2.24, 2.45) is 7.05 Å². The molecule has 2 heterocycles. The van der Waals surface area contributed by atoms with Crippen LogP contribution in [-0.2, 0) is 7.05 Å². The normalized spacial score (nSPS) is 11.4. The number of carbonyl (C=O) groups is 1. The largest absolute Gasteiger partial charge is 0.494 e. The van der Waals surface area contributed by atoms with Gasteiger partial charge in [0.2, 0.25) is 0 Å². The van der Waals surface area contributed by atoms with Gasteiger partial charge in [0.25, 0.3) is 5.91 Å². The Morgan fingerprint density at radius 2 is 2.00 bits per heavy atom. The second-order valence-corrected chi connectivity index (χ2v) is 7.67. The summed E-state index contributed by atoms with van der Waals surface area (Å²) in [6, 6.07) is 5.29. The number of fused-ring (bicyclic) bond motifs is 1. The lowest BCUT2D eigenvalue weighted by Crippen LogP contribution is -2.39. The third-order valence-electron chi connectivity index (χ3n) is 4.61. The molecule has 0 fully saturated rings. The second kappa shape index (κ2) is 8.89. The first-order chi connectivity index (χ1) is 13.5. The molecule has 150 valence electrons. The zero-order valence-electron chi connectivity index (χ0n) is 16.5. The van der Waals surface area contributed by atoms with Crippen molar-refractivity contribution in [2.45, 2.75) is 13.8 Å². The summed E-state index contributed by atoms with van der Waals surface area (Å²) in [6.45, 7) is 7.31. The quantitative estimate of drug-likeness (QED) is 0.555. The number of anilines is 1. The van der Waals surface area contributed by atoms with Crippen molar-refractivity contribution in [3.8, 4) is 5.75 Å². The van der Waals surface area contributed by atoms with E-state index in [-0.39, 0.29) is 5.91 Å². The molecule has 0 N–H and O–H groups in total. The van der Waals surface area contributed by atoms with E-state index in [1.807, 2.05) is 0 Å². The monoisotopic (exact) mass is 421 g/mol. The number of ether oxygens (including phenoxy) is 1. The third-order valence-corrected chi connectivity index (χ3v) is 6.15. The fourth-order valence-corrected chi connectivity index (χ4v) is 4.23. The van der Waals surface area contributed by atoms with Crippen LogP contribution in [0.3, 0.4) is 0 Å². The van der Waals surface area contributed by atoms with Crippen LogP contribution < -0.4 is 9.64 Å². The van der Waals surface area contributed by atoms with Gasteiger partial charge in [-0.2, -0.15) is 5.10 Å². The smallest absolute Gasteiger partial charge is 0.280 e. The van der Waals surface area contributed by atoms with Crippen LogP contribution >= 0.6 is 22.9 Å². The Morgan fingerprint density at radius 1 is 1.25 bits per heavy atom. The predicted molar refractivity (Wildman–Crippen MR) is 114 cm³/mol. The molecule has 0 bridgehead atoms. The van der Waals surface area contributed by atoms with Gasteiger partial charge in [0.05, 0.1) is 16.8 Å². The van der Waals surface area contributed by atoms with E-state index in [0.29, 0.717) is 33.7 Å². The molecule has 0 spiro atoms. The Bertz CT molecular complexity index is 967. The number of thiazole rings is 1. The second-order valence-electron chi connectivity index (χ2n) is 6.28. The van der Waals surface area contributed by atoms with Crippen molar-refractivity contribution >= 4 is 44.2 Å². The number of aromatic nitrogens is 3. The van der Waals surface area contributed by atoms with Crippen molar-refractivity contribution in [3.05, 3.63) is 35.1 Å². The first-order valence-corrected chi connectivity index (χ1v) is 10.3. The molecular formula is C19H24ClN5O2S. The molecule has 0 saturated heterocycles. The zero-order chi connectivity index (χ0) is 20.3. The van der Waals surface area contributed by atoms with Crippen LogP contribution in [0.2, 0.25) is 5.02 Å². The van der Waals surface area contributed by atoms with Gasteiger partial charge in [-0.15, -0.1) is 0 Å². The number of likely N-dealkylation sites (N-methyl/N-ethyl adjacent to an activating group) is 1. The van der Waals surface area contributed by atoms with Crippen LogP contribution in [0.15, 0.2) is 24.4 Å². The number of methoxy groups -OCH3 is 1. The van der Waals surface area contributed by atoms with Crippen LogP contribution in [0.4, 0.5) is 5.13 Å². The predicted octanol–water partition coefficient (Wildman–Crippen LogP) is 3.68. The van der Waals surface area contributed by atoms with E-state index in [0.717, 1.165) is 24.3 Å². The average Bonchev–Trinajstić information content (AvgIpc) is 3.32. The van der Waals surface area contributed by atoms with Crippen LogP contribution in [-0.4, -0.2) is 58.9 Å². The van der Waals surface area contributed by atoms with Gasteiger partial charge in [-0.3, -0.25) is 14.4 Å². The summed E-state index contributed by atoms with van der Waals surface area (Å²) >= 11 is 7.75. The number of rotatable bonds is 8. The molecule has 7 nitrogen and oxygen atoms in total. The van der Waals surface area contributed by atoms with E-state index in [2.05, 4.69) is 28.8 Å². The molecule has 0 saturated carbocycles. The van der Waals surface area contributed by atoms with Crippen molar-refractivity contribution in [1.29, 1.82) is 0 Å². The van der Waals surface area contributed by atoms with Crippen molar-refractivity contribution < 1.29 is 9.53 Å². The Kier molecular flexibility index (Phi) is 6.53. The number of hydrogen-bond acceptors (Lipinski definition) is 6. The molecule has 3 aromatic rings. The average molecular weight is 422 g/mol. The standard InChI is InChI=1S/C19H24ClN5O2S/c1-5-24(6-2)11-12-25(18(26)14-9-10-23(3)22-14)19-21-16-15(27-4)8-7-13(20)17(16)28-19/h7-10H,5-6,11-12H2,1-4H3. The van der Waals surface area contributed by atoms with E-state index < -0.39 is 0 Å². The molecule has 1 aromatic carbocycles. The number of amides is 1. The summed E-state index contributed by atoms with van der Waals surface area (Å²) < 4.78 is 7.84. The fraction of sp³-hybridized carbons (Fsp3) is 0.421. The molecule has 0 atom stereocenters. The fourth-order valence-electron chi connectivity index (χ4n) is 2.95. The molecule has 0 unspecified atom stereocenters. The first kappa shape index (κ1) is 20.6. The maximum absolute atomic E-state index is 13.2. The molecule has 0 aliphatic rings. The highest BCUT2D eigenvalue weighted by atomic mass is 35.5. The van der Waals surface area contributed by atoms with E-state index >= 15 is 0 Å². The van der Waals surface area contributed by atoms with Gasteiger partial charge in [-0.25, -0.2) is 4.98 Å². The lowest BCUT2D eigenvalue weighted by Gasteiger charge is -2.24. The summed E-state index contributed by atoms with van der Waals surface area (Å²) in [5.41, 5.74) is 1.05. The molecule has 9 heteroatoms. The molecule has 28 heavy (non-hydrogen) atoms. The molecule has 0 aliphatic carbocycles. The molecule has 0 aliphatic heterocycles. The van der Waals surface area contributed by atoms with E-state index in [9.17, 15) is 4.79 Å². The van der Waals surface area contributed by atoms with Crippen molar-refractivity contribution in [1.82, 2.24) is 19.7 Å². The molecule has 1 amide bonds. The van der Waals surface area contributed by atoms with Crippen LogP contribution in [0, 0.1) is 0 Å². The van der Waals surface area contributed by atoms with Gasteiger partial charge < -0.3 is 9.64 Å². The highest BCUT2D eigenvalue weighted by Gasteiger charge is 2.25. The summed E-state index contributed by atoms with van der Waals surface area (Å²) in [6.07, 6.45) is 1.76. The minimum absolute atomic E-state index is 0.179. The molecule has 2 aromatic heterocycles. The number of benzene rings is 1. The zero-order valence-corrected chi connectivity index (χ0v) is 18.0. The number of carbonyl (C=O) groups excluding carboxylic acids is 1. The highest BCUT2D eigenvalue weighted by molar-refractivity contribution is 7.23. The summed E-state index contributed by atoms with van der Waals surface area (Å²) in [5, 5.41) is 5.45. The number of nitrogens with zero attached hydrogens (tertiary/aromatic N) is 5. The summed E-state index contributed by atoms with van der Waals surface area (Å²) in [7, 11) is 3.39. The van der Waals surface area contributed by atoms with Crippen LogP contribution in [0.25, 0.3) is 10.2 Å². The van der Waals surface area contributed by atoms with Crippen molar-refractivity contribution in [2.75, 3.05) is 38.2 Å². The number of hydrogen-bond donors (Lipinski definition) is 0. The third kappa shape index (κ3) is 4.14. The maximum Gasteiger partial charge on any atom is 0.280 e. The minimum atomic E-state index is -0.179. The van der Waals surface area contributed by atoms with Gasteiger partial charge in [0.15, 0.2) is 10.8 Å². The van der Waals surface area contributed by atoms with E-state index in [1.54, 1.807) is 48.1 Å². The van der Waals surface area contributed by atoms with Gasteiger partial charge >= 0.3 is 0 Å². The Labute approximate surface area is 173 Å². The van der Waals surface area contributed by atoms with Gasteiger partial charge in [0.1, 0.15) is 11.3 Å². The first-order valence-electron chi connectivity index (χ1n) is 9.15. The maximum atomic E-state index is 13.2. The molecule has 3 rings (SSSR count). The van der Waals surface area contributed by atoms with Gasteiger partial charge in [0, 0.05) is 26.3 Å². The Balaban J connectivity index is 2.01. The molecule has 0 radical (unpaired) electrons. The van der Waals surface area contributed by atoms with Crippen molar-refractivity contribution in [3.63, 3.8) is 0 Å².